The van der Waals surface area contributed by atoms with Gasteiger partial charge in [0.15, 0.2) is 11.6 Å². The molecular weight excluding hydrogens is 426 g/mol. The van der Waals surface area contributed by atoms with Crippen LogP contribution >= 0.6 is 0 Å². The Balaban J connectivity index is 1.89. The Labute approximate surface area is 200 Å². The van der Waals surface area contributed by atoms with Crippen LogP contribution in [0.2, 0.25) is 0 Å². The van der Waals surface area contributed by atoms with Crippen molar-refractivity contribution in [3.05, 3.63) is 82.5 Å². The van der Waals surface area contributed by atoms with E-state index in [1.165, 1.54) is 0 Å². The Bertz CT molecular complexity index is 1290. The molecule has 6 nitrogen and oxygen atoms in total. The van der Waals surface area contributed by atoms with Crippen LogP contribution in [-0.2, 0) is 22.7 Å². The summed E-state index contributed by atoms with van der Waals surface area (Å²) in [6.07, 6.45) is 0.779. The minimum Gasteiger partial charge on any atom is -0.497 e. The fourth-order valence-electron chi connectivity index (χ4n) is 5.06. The number of carbonyl (C=O) groups is 2. The van der Waals surface area contributed by atoms with E-state index < -0.39 is 5.92 Å². The molecule has 6 heteroatoms. The number of benzene rings is 2. The van der Waals surface area contributed by atoms with Gasteiger partial charge in [0.1, 0.15) is 18.2 Å². The first-order chi connectivity index (χ1) is 16.3. The molecular formula is C28H31N3O3. The van der Waals surface area contributed by atoms with E-state index >= 15 is 0 Å². The van der Waals surface area contributed by atoms with E-state index in [0.29, 0.717) is 17.8 Å². The number of para-hydroxylation sites is 2. The molecule has 2 heterocycles. The van der Waals surface area contributed by atoms with Gasteiger partial charge < -0.3 is 14.2 Å². The van der Waals surface area contributed by atoms with Crippen LogP contribution in [0.1, 0.15) is 51.9 Å². The average Bonchev–Trinajstić information content (AvgIpc) is 3.18. The number of ether oxygens (including phenoxy) is 1. The van der Waals surface area contributed by atoms with Gasteiger partial charge in [-0.05, 0) is 57.5 Å². The van der Waals surface area contributed by atoms with Crippen LogP contribution in [0.25, 0.3) is 11.0 Å². The monoisotopic (exact) mass is 457 g/mol. The van der Waals surface area contributed by atoms with E-state index in [4.69, 9.17) is 9.72 Å². The number of hydrogen-bond acceptors (Lipinski definition) is 5. The molecule has 2 aromatic carbocycles. The van der Waals surface area contributed by atoms with Gasteiger partial charge in [0.2, 0.25) is 0 Å². The van der Waals surface area contributed by atoms with Gasteiger partial charge in [0, 0.05) is 34.9 Å². The van der Waals surface area contributed by atoms with Crippen molar-refractivity contribution >= 4 is 22.6 Å². The topological polar surface area (TPSA) is 64.4 Å². The number of ketones is 2. The van der Waals surface area contributed by atoms with E-state index in [1.54, 1.807) is 21.0 Å². The van der Waals surface area contributed by atoms with Crippen molar-refractivity contribution in [1.29, 1.82) is 0 Å². The third-order valence-corrected chi connectivity index (χ3v) is 6.71. The number of hydrogen-bond donors (Lipinski definition) is 0. The number of aryl methyl sites for hydroxylation is 1. The Morgan fingerprint density at radius 2 is 1.53 bits per heavy atom. The van der Waals surface area contributed by atoms with Gasteiger partial charge in [-0.1, -0.05) is 31.2 Å². The van der Waals surface area contributed by atoms with Crippen LogP contribution < -0.4 is 4.74 Å². The highest BCUT2D eigenvalue weighted by Crippen LogP contribution is 2.43. The first-order valence-corrected chi connectivity index (χ1v) is 11.6. The SMILES string of the molecule is CCc1nc2ccccc2n1CN1C(C)=C(C(C)=O)C(c2ccc(OC)cc2)C(C(C)=O)=C1C. The molecule has 0 saturated carbocycles. The largest absolute Gasteiger partial charge is 0.497 e. The molecule has 0 amide bonds. The molecule has 0 N–H and O–H groups in total. The molecule has 1 aliphatic heterocycles. The zero-order chi connectivity index (χ0) is 24.6. The first kappa shape index (κ1) is 23.5. The zero-order valence-electron chi connectivity index (χ0n) is 20.7. The van der Waals surface area contributed by atoms with E-state index in [1.807, 2.05) is 56.3 Å². The Morgan fingerprint density at radius 3 is 2.06 bits per heavy atom. The van der Waals surface area contributed by atoms with Crippen molar-refractivity contribution in [3.63, 3.8) is 0 Å². The second-order valence-corrected chi connectivity index (χ2v) is 8.68. The zero-order valence-corrected chi connectivity index (χ0v) is 20.7. The molecule has 0 fully saturated rings. The summed E-state index contributed by atoms with van der Waals surface area (Å²) < 4.78 is 7.48. The van der Waals surface area contributed by atoms with Crippen molar-refractivity contribution in [2.45, 2.75) is 53.6 Å². The lowest BCUT2D eigenvalue weighted by Crippen LogP contribution is -2.35. The highest BCUT2D eigenvalue weighted by molar-refractivity contribution is 6.03. The third-order valence-electron chi connectivity index (χ3n) is 6.71. The fourth-order valence-corrected chi connectivity index (χ4v) is 5.06. The number of allylic oxidation sites excluding steroid dienone is 4. The highest BCUT2D eigenvalue weighted by atomic mass is 16.5. The van der Waals surface area contributed by atoms with Crippen molar-refractivity contribution in [2.24, 2.45) is 0 Å². The van der Waals surface area contributed by atoms with Gasteiger partial charge in [-0.25, -0.2) is 4.98 Å². The summed E-state index contributed by atoms with van der Waals surface area (Å²) in [7, 11) is 1.62. The molecule has 1 aromatic heterocycles. The van der Waals surface area contributed by atoms with E-state index in [-0.39, 0.29) is 11.6 Å². The number of rotatable bonds is 7. The number of fused-ring (bicyclic) bond motifs is 1. The van der Waals surface area contributed by atoms with Gasteiger partial charge in [0.05, 0.1) is 18.1 Å². The van der Waals surface area contributed by atoms with Crippen LogP contribution in [-0.4, -0.2) is 33.1 Å². The third kappa shape index (κ3) is 3.94. The van der Waals surface area contributed by atoms with Crippen LogP contribution in [0, 0.1) is 0 Å². The molecule has 34 heavy (non-hydrogen) atoms. The lowest BCUT2D eigenvalue weighted by molar-refractivity contribution is -0.114. The summed E-state index contributed by atoms with van der Waals surface area (Å²) in [5, 5.41) is 0. The fraction of sp³-hybridized carbons (Fsp3) is 0.321. The molecule has 0 saturated heterocycles. The van der Waals surface area contributed by atoms with Gasteiger partial charge in [-0.3, -0.25) is 9.59 Å². The molecule has 0 spiro atoms. The molecule has 4 rings (SSSR count). The predicted molar refractivity (Wildman–Crippen MR) is 133 cm³/mol. The lowest BCUT2D eigenvalue weighted by atomic mass is 9.77. The van der Waals surface area contributed by atoms with Crippen molar-refractivity contribution < 1.29 is 14.3 Å². The van der Waals surface area contributed by atoms with Gasteiger partial charge in [-0.2, -0.15) is 0 Å². The quantitative estimate of drug-likeness (QED) is 0.476. The molecule has 0 bridgehead atoms. The van der Waals surface area contributed by atoms with E-state index in [2.05, 4.69) is 22.5 Å². The van der Waals surface area contributed by atoms with Crippen molar-refractivity contribution in [2.75, 3.05) is 7.11 Å². The molecule has 0 aliphatic carbocycles. The van der Waals surface area contributed by atoms with Crippen LogP contribution in [0.3, 0.4) is 0 Å². The maximum atomic E-state index is 13.0. The van der Waals surface area contributed by atoms with Gasteiger partial charge in [0.25, 0.3) is 0 Å². The average molecular weight is 458 g/mol. The van der Waals surface area contributed by atoms with Crippen LogP contribution in [0.15, 0.2) is 71.1 Å². The van der Waals surface area contributed by atoms with Crippen LogP contribution in [0.4, 0.5) is 0 Å². The molecule has 0 unspecified atom stereocenters. The number of nitrogens with zero attached hydrogens (tertiary/aromatic N) is 3. The number of imidazole rings is 1. The molecule has 0 atom stereocenters. The molecule has 0 radical (unpaired) electrons. The van der Waals surface area contributed by atoms with Gasteiger partial charge in [-0.15, -0.1) is 0 Å². The smallest absolute Gasteiger partial charge is 0.158 e. The van der Waals surface area contributed by atoms with Gasteiger partial charge >= 0.3 is 0 Å². The van der Waals surface area contributed by atoms with Crippen molar-refractivity contribution in [1.82, 2.24) is 14.5 Å². The summed E-state index contributed by atoms with van der Waals surface area (Å²) in [6, 6.07) is 15.7. The highest BCUT2D eigenvalue weighted by Gasteiger charge is 2.37. The summed E-state index contributed by atoms with van der Waals surface area (Å²) in [5.41, 5.74) is 5.87. The Morgan fingerprint density at radius 1 is 0.941 bits per heavy atom. The normalized spacial score (nSPS) is 14.8. The Hall–Kier alpha value is -3.67. The summed E-state index contributed by atoms with van der Waals surface area (Å²) >= 11 is 0. The summed E-state index contributed by atoms with van der Waals surface area (Å²) in [6.45, 7) is 9.66. The minimum atomic E-state index is -0.415. The van der Waals surface area contributed by atoms with Crippen molar-refractivity contribution in [3.8, 4) is 5.75 Å². The minimum absolute atomic E-state index is 0.0410. The van der Waals surface area contributed by atoms with E-state index in [9.17, 15) is 9.59 Å². The Kier molecular flexibility index (Phi) is 6.42. The molecule has 3 aromatic rings. The number of methoxy groups -OCH3 is 1. The van der Waals surface area contributed by atoms with Crippen LogP contribution in [0.5, 0.6) is 5.75 Å². The lowest BCUT2D eigenvalue weighted by Gasteiger charge is -2.38. The second kappa shape index (κ2) is 9.29. The molecule has 1 aliphatic rings. The maximum absolute atomic E-state index is 13.0. The summed E-state index contributed by atoms with van der Waals surface area (Å²) in [4.78, 5) is 32.9. The second-order valence-electron chi connectivity index (χ2n) is 8.68. The number of Topliss-reactive ketones (excluding diaryl/α,β-unsaturated/α-hetero) is 2. The summed E-state index contributed by atoms with van der Waals surface area (Å²) in [5.74, 6) is 1.20. The first-order valence-electron chi connectivity index (χ1n) is 11.6. The number of aromatic nitrogens is 2. The molecule has 176 valence electrons. The maximum Gasteiger partial charge on any atom is 0.158 e. The standard InChI is InChI=1S/C28H31N3O3/c1-7-25-29-23-10-8-9-11-24(23)31(25)16-30-17(2)26(19(4)32)28(27(18(30)3)20(5)33)21-12-14-22(34-6)15-13-21/h8-15,28H,7,16H2,1-6H3. The predicted octanol–water partition coefficient (Wildman–Crippen LogP) is 5.39. The van der Waals surface area contributed by atoms with E-state index in [0.717, 1.165) is 46.0 Å². The number of carbonyl (C=O) groups excluding carboxylic acids is 2.